The summed E-state index contributed by atoms with van der Waals surface area (Å²) in [5, 5.41) is 11.2. The quantitative estimate of drug-likeness (QED) is 0.802. The van der Waals surface area contributed by atoms with Crippen molar-refractivity contribution in [3.05, 3.63) is 41.5 Å². The number of hydrogen-bond acceptors (Lipinski definition) is 4. The predicted molar refractivity (Wildman–Crippen MR) is 69.6 cm³/mol. The van der Waals surface area contributed by atoms with Crippen molar-refractivity contribution in [3.63, 3.8) is 0 Å². The van der Waals surface area contributed by atoms with Crippen molar-refractivity contribution in [3.8, 4) is 5.69 Å². The number of ether oxygens (including phenoxy) is 1. The van der Waals surface area contributed by atoms with Gasteiger partial charge in [0.05, 0.1) is 24.2 Å². The molecule has 0 aliphatic carbocycles. The van der Waals surface area contributed by atoms with Gasteiger partial charge in [-0.1, -0.05) is 11.3 Å². The van der Waals surface area contributed by atoms with Crippen LogP contribution in [0.2, 0.25) is 0 Å². The Morgan fingerprint density at radius 1 is 1.42 bits per heavy atom. The Hall–Kier alpha value is -1.79. The zero-order valence-corrected chi connectivity index (χ0v) is 11.1. The molecule has 2 aromatic rings. The van der Waals surface area contributed by atoms with Gasteiger partial charge in [-0.2, -0.15) is 0 Å². The summed E-state index contributed by atoms with van der Waals surface area (Å²) in [6.07, 6.45) is 1.79. The third kappa shape index (κ3) is 3.59. The molecule has 19 heavy (non-hydrogen) atoms. The minimum absolute atomic E-state index is 0.282. The molecule has 2 rings (SSSR count). The van der Waals surface area contributed by atoms with E-state index in [1.807, 2.05) is 6.92 Å². The van der Waals surface area contributed by atoms with Crippen LogP contribution in [0.3, 0.4) is 0 Å². The molecule has 0 bridgehead atoms. The smallest absolute Gasteiger partial charge is 0.125 e. The van der Waals surface area contributed by atoms with Crippen LogP contribution in [0.4, 0.5) is 4.39 Å². The summed E-state index contributed by atoms with van der Waals surface area (Å²) < 4.78 is 19.8. The minimum atomic E-state index is -0.282. The zero-order valence-electron chi connectivity index (χ0n) is 11.1. The first kappa shape index (κ1) is 13.6. The van der Waals surface area contributed by atoms with Gasteiger partial charge in [0, 0.05) is 20.2 Å². The van der Waals surface area contributed by atoms with Crippen molar-refractivity contribution in [2.75, 3.05) is 20.3 Å². The largest absolute Gasteiger partial charge is 0.383 e. The van der Waals surface area contributed by atoms with E-state index in [2.05, 4.69) is 15.6 Å². The molecule has 5 nitrogen and oxygen atoms in total. The normalized spacial score (nSPS) is 10.9. The number of nitrogens with zero attached hydrogens (tertiary/aromatic N) is 3. The average molecular weight is 264 g/mol. The SMILES string of the molecule is COCCNCc1cn(-c2cc(F)ccc2C)nn1. The maximum absolute atomic E-state index is 13.2. The standard InChI is InChI=1S/C13H17FN4O/c1-10-3-4-11(14)7-13(10)18-9-12(16-17-18)8-15-5-6-19-2/h3-4,7,9,15H,5-6,8H2,1-2H3. The van der Waals surface area contributed by atoms with Gasteiger partial charge in [0.2, 0.25) is 0 Å². The molecule has 1 N–H and O–H groups in total. The minimum Gasteiger partial charge on any atom is -0.383 e. The number of methoxy groups -OCH3 is 1. The van der Waals surface area contributed by atoms with Gasteiger partial charge in [0.15, 0.2) is 0 Å². The van der Waals surface area contributed by atoms with Gasteiger partial charge >= 0.3 is 0 Å². The number of aryl methyl sites for hydroxylation is 1. The van der Waals surface area contributed by atoms with Crippen LogP contribution in [0.5, 0.6) is 0 Å². The Kier molecular flexibility index (Phi) is 4.59. The van der Waals surface area contributed by atoms with Gasteiger partial charge in [-0.05, 0) is 24.6 Å². The number of hydrogen-bond donors (Lipinski definition) is 1. The highest BCUT2D eigenvalue weighted by Gasteiger charge is 2.06. The Labute approximate surface area is 111 Å². The number of aromatic nitrogens is 3. The summed E-state index contributed by atoms with van der Waals surface area (Å²) in [6, 6.07) is 4.61. The maximum atomic E-state index is 13.2. The number of nitrogens with one attached hydrogen (secondary N) is 1. The predicted octanol–water partition coefficient (Wildman–Crippen LogP) is 1.45. The molecule has 102 valence electrons. The molecule has 6 heteroatoms. The van der Waals surface area contributed by atoms with Gasteiger partial charge in [-0.15, -0.1) is 5.10 Å². The highest BCUT2D eigenvalue weighted by molar-refractivity contribution is 5.39. The van der Waals surface area contributed by atoms with Gasteiger partial charge in [0.1, 0.15) is 5.82 Å². The van der Waals surface area contributed by atoms with E-state index < -0.39 is 0 Å². The number of halogens is 1. The van der Waals surface area contributed by atoms with Gasteiger partial charge in [-0.25, -0.2) is 9.07 Å². The van der Waals surface area contributed by atoms with E-state index in [1.165, 1.54) is 12.1 Å². The highest BCUT2D eigenvalue weighted by atomic mass is 19.1. The van der Waals surface area contributed by atoms with Crippen molar-refractivity contribution in [2.45, 2.75) is 13.5 Å². The molecule has 1 aromatic heterocycles. The van der Waals surface area contributed by atoms with Crippen molar-refractivity contribution < 1.29 is 9.13 Å². The number of rotatable bonds is 6. The third-order valence-corrected chi connectivity index (χ3v) is 2.75. The van der Waals surface area contributed by atoms with E-state index in [1.54, 1.807) is 24.1 Å². The van der Waals surface area contributed by atoms with E-state index in [4.69, 9.17) is 4.74 Å². The number of benzene rings is 1. The summed E-state index contributed by atoms with van der Waals surface area (Å²) in [6.45, 7) is 3.92. The first-order valence-electron chi connectivity index (χ1n) is 6.08. The summed E-state index contributed by atoms with van der Waals surface area (Å²) in [7, 11) is 1.66. The van der Waals surface area contributed by atoms with Gasteiger partial charge in [-0.3, -0.25) is 0 Å². The maximum Gasteiger partial charge on any atom is 0.125 e. The molecule has 0 spiro atoms. The molecule has 0 fully saturated rings. The molecule has 0 radical (unpaired) electrons. The van der Waals surface area contributed by atoms with Crippen molar-refractivity contribution in [1.29, 1.82) is 0 Å². The lowest BCUT2D eigenvalue weighted by Crippen LogP contribution is -2.18. The first-order chi connectivity index (χ1) is 9.20. The fourth-order valence-electron chi connectivity index (χ4n) is 1.72. The van der Waals surface area contributed by atoms with Crippen LogP contribution < -0.4 is 5.32 Å². The van der Waals surface area contributed by atoms with Crippen LogP contribution in [0.25, 0.3) is 5.69 Å². The van der Waals surface area contributed by atoms with E-state index in [-0.39, 0.29) is 5.82 Å². The van der Waals surface area contributed by atoms with Crippen molar-refractivity contribution in [2.24, 2.45) is 0 Å². The summed E-state index contributed by atoms with van der Waals surface area (Å²) in [5.74, 6) is -0.282. The molecule has 0 saturated carbocycles. The Morgan fingerprint density at radius 3 is 3.05 bits per heavy atom. The lowest BCUT2D eigenvalue weighted by Gasteiger charge is -2.04. The molecule has 0 unspecified atom stereocenters. The van der Waals surface area contributed by atoms with Crippen LogP contribution in [-0.4, -0.2) is 35.3 Å². The first-order valence-corrected chi connectivity index (χ1v) is 6.08. The highest BCUT2D eigenvalue weighted by Crippen LogP contribution is 2.14. The molecular formula is C13H17FN4O. The Morgan fingerprint density at radius 2 is 2.26 bits per heavy atom. The fourth-order valence-corrected chi connectivity index (χ4v) is 1.72. The molecular weight excluding hydrogens is 247 g/mol. The van der Waals surface area contributed by atoms with Crippen LogP contribution in [0.1, 0.15) is 11.3 Å². The van der Waals surface area contributed by atoms with Crippen LogP contribution in [0.15, 0.2) is 24.4 Å². The second kappa shape index (κ2) is 6.40. The molecule has 0 atom stereocenters. The van der Waals surface area contributed by atoms with Crippen molar-refractivity contribution in [1.82, 2.24) is 20.3 Å². The topological polar surface area (TPSA) is 52.0 Å². The van der Waals surface area contributed by atoms with E-state index in [0.717, 1.165) is 17.8 Å². The second-order valence-electron chi connectivity index (χ2n) is 4.25. The average Bonchev–Trinajstić information content (AvgIpc) is 2.86. The molecule has 1 heterocycles. The van der Waals surface area contributed by atoms with Crippen LogP contribution >= 0.6 is 0 Å². The molecule has 0 saturated heterocycles. The van der Waals surface area contributed by atoms with Crippen LogP contribution in [-0.2, 0) is 11.3 Å². The van der Waals surface area contributed by atoms with Gasteiger partial charge < -0.3 is 10.1 Å². The van der Waals surface area contributed by atoms with E-state index >= 15 is 0 Å². The Bertz CT molecular complexity index is 541. The van der Waals surface area contributed by atoms with Crippen molar-refractivity contribution >= 4 is 0 Å². The summed E-state index contributed by atoms with van der Waals surface area (Å²) >= 11 is 0. The van der Waals surface area contributed by atoms with Crippen LogP contribution in [0, 0.1) is 12.7 Å². The molecule has 0 aliphatic rings. The Balaban J connectivity index is 2.06. The zero-order chi connectivity index (χ0) is 13.7. The lowest BCUT2D eigenvalue weighted by molar-refractivity contribution is 0.199. The van der Waals surface area contributed by atoms with Gasteiger partial charge in [0.25, 0.3) is 0 Å². The second-order valence-corrected chi connectivity index (χ2v) is 4.25. The molecule has 0 amide bonds. The van der Waals surface area contributed by atoms with E-state index in [0.29, 0.717) is 18.8 Å². The monoisotopic (exact) mass is 264 g/mol. The summed E-state index contributed by atoms with van der Waals surface area (Å²) in [5.41, 5.74) is 2.46. The molecule has 1 aromatic carbocycles. The lowest BCUT2D eigenvalue weighted by atomic mass is 10.2. The third-order valence-electron chi connectivity index (χ3n) is 2.75. The molecule has 0 aliphatic heterocycles. The summed E-state index contributed by atoms with van der Waals surface area (Å²) in [4.78, 5) is 0. The van der Waals surface area contributed by atoms with E-state index in [9.17, 15) is 4.39 Å². The fraction of sp³-hybridized carbons (Fsp3) is 0.385.